The smallest absolute Gasteiger partial charge is 0.340 e. The molecule has 2 aromatic carbocycles. The van der Waals surface area contributed by atoms with Gasteiger partial charge in [0, 0.05) is 0 Å². The molecule has 2 amide bonds. The first-order chi connectivity index (χ1) is 13.6. The highest BCUT2D eigenvalue weighted by atomic mass is 16.5. The molecule has 0 aromatic heterocycles. The fourth-order valence-electron chi connectivity index (χ4n) is 2.80. The molecule has 2 aromatic rings. The van der Waals surface area contributed by atoms with E-state index >= 15 is 0 Å². The molecular formula is C21H21NO6. The minimum Gasteiger partial charge on any atom is -0.490 e. The molecule has 0 spiro atoms. The molecule has 0 bridgehead atoms. The Balaban J connectivity index is 1.69. The first kappa shape index (κ1) is 19.4. The van der Waals surface area contributed by atoms with Crippen LogP contribution in [0.3, 0.4) is 0 Å². The minimum absolute atomic E-state index is 0.240. The molecule has 0 saturated heterocycles. The Morgan fingerprint density at radius 2 is 1.61 bits per heavy atom. The van der Waals surface area contributed by atoms with Crippen molar-refractivity contribution in [2.75, 3.05) is 19.9 Å². The minimum atomic E-state index is -0.667. The lowest BCUT2D eigenvalue weighted by atomic mass is 10.1. The predicted octanol–water partition coefficient (Wildman–Crippen LogP) is 3.28. The Hall–Kier alpha value is -3.35. The lowest BCUT2D eigenvalue weighted by molar-refractivity contribution is 0.0227. The molecule has 3 rings (SSSR count). The maximum atomic E-state index is 12.4. The summed E-state index contributed by atoms with van der Waals surface area (Å²) in [6.45, 7) is 4.31. The molecule has 0 aliphatic carbocycles. The van der Waals surface area contributed by atoms with E-state index in [4.69, 9.17) is 14.2 Å². The second kappa shape index (κ2) is 8.56. The average Bonchev–Trinajstić information content (AvgIpc) is 2.96. The largest absolute Gasteiger partial charge is 0.490 e. The number of amides is 2. The summed E-state index contributed by atoms with van der Waals surface area (Å²) in [7, 11) is 0. The third-order valence-electron chi connectivity index (χ3n) is 4.14. The van der Waals surface area contributed by atoms with Crippen molar-refractivity contribution in [1.29, 1.82) is 0 Å². The molecule has 7 heteroatoms. The van der Waals surface area contributed by atoms with E-state index in [1.54, 1.807) is 36.4 Å². The van der Waals surface area contributed by atoms with Crippen LogP contribution in [-0.2, 0) is 4.74 Å². The third-order valence-corrected chi connectivity index (χ3v) is 4.14. The molecule has 0 unspecified atom stereocenters. The SMILES string of the molecule is CCCOc1ccc(C(=O)OCN2C(=O)c3ccccc3C2=O)cc1OCC. The normalized spacial score (nSPS) is 12.7. The number of fused-ring (bicyclic) bond motifs is 1. The van der Waals surface area contributed by atoms with Crippen molar-refractivity contribution in [1.82, 2.24) is 4.90 Å². The van der Waals surface area contributed by atoms with Crippen LogP contribution in [0.1, 0.15) is 51.3 Å². The summed E-state index contributed by atoms with van der Waals surface area (Å²) < 4.78 is 16.3. The highest BCUT2D eigenvalue weighted by Crippen LogP contribution is 2.29. The van der Waals surface area contributed by atoms with Crippen molar-refractivity contribution in [3.8, 4) is 11.5 Å². The first-order valence-electron chi connectivity index (χ1n) is 9.08. The van der Waals surface area contributed by atoms with Gasteiger partial charge in [0.1, 0.15) is 0 Å². The highest BCUT2D eigenvalue weighted by Gasteiger charge is 2.35. The summed E-state index contributed by atoms with van der Waals surface area (Å²) >= 11 is 0. The standard InChI is InChI=1S/C21H21NO6/c1-3-11-27-17-10-9-14(12-18(17)26-4-2)21(25)28-13-22-19(23)15-7-5-6-8-16(15)20(22)24/h5-10,12H,3-4,11,13H2,1-2H3. The molecule has 1 aliphatic heterocycles. The monoisotopic (exact) mass is 383 g/mol. The molecule has 7 nitrogen and oxygen atoms in total. The number of imide groups is 1. The Bertz CT molecular complexity index is 873. The highest BCUT2D eigenvalue weighted by molar-refractivity contribution is 6.21. The number of benzene rings is 2. The van der Waals surface area contributed by atoms with E-state index in [9.17, 15) is 14.4 Å². The Morgan fingerprint density at radius 3 is 2.21 bits per heavy atom. The van der Waals surface area contributed by atoms with E-state index in [1.807, 2.05) is 13.8 Å². The van der Waals surface area contributed by atoms with Crippen molar-refractivity contribution in [3.63, 3.8) is 0 Å². The van der Waals surface area contributed by atoms with Gasteiger partial charge in [0.25, 0.3) is 11.8 Å². The van der Waals surface area contributed by atoms with Gasteiger partial charge in [-0.1, -0.05) is 19.1 Å². The van der Waals surface area contributed by atoms with Crippen LogP contribution in [0, 0.1) is 0 Å². The van der Waals surface area contributed by atoms with E-state index in [2.05, 4.69) is 0 Å². The second-order valence-corrected chi connectivity index (χ2v) is 6.09. The van der Waals surface area contributed by atoms with Gasteiger partial charge in [-0.3, -0.25) is 9.59 Å². The van der Waals surface area contributed by atoms with Crippen LogP contribution in [-0.4, -0.2) is 42.6 Å². The zero-order valence-corrected chi connectivity index (χ0v) is 15.8. The van der Waals surface area contributed by atoms with Crippen molar-refractivity contribution < 1.29 is 28.6 Å². The molecule has 0 radical (unpaired) electrons. The number of hydrogen-bond donors (Lipinski definition) is 0. The van der Waals surface area contributed by atoms with Gasteiger partial charge < -0.3 is 14.2 Å². The predicted molar refractivity (Wildman–Crippen MR) is 101 cm³/mol. The molecule has 146 valence electrons. The summed E-state index contributed by atoms with van der Waals surface area (Å²) in [4.78, 5) is 37.9. The van der Waals surface area contributed by atoms with E-state index in [1.165, 1.54) is 6.07 Å². The maximum Gasteiger partial charge on any atom is 0.340 e. The Morgan fingerprint density at radius 1 is 0.929 bits per heavy atom. The fourth-order valence-corrected chi connectivity index (χ4v) is 2.80. The number of rotatable bonds is 8. The number of carbonyl (C=O) groups excluding carboxylic acids is 3. The Labute approximate surface area is 162 Å². The van der Waals surface area contributed by atoms with E-state index in [0.717, 1.165) is 11.3 Å². The van der Waals surface area contributed by atoms with Gasteiger partial charge in [0.05, 0.1) is 29.9 Å². The molecule has 1 heterocycles. The Kier molecular flexibility index (Phi) is 5.93. The molecule has 1 aliphatic rings. The van der Waals surface area contributed by atoms with Crippen molar-refractivity contribution in [3.05, 3.63) is 59.2 Å². The number of hydrogen-bond acceptors (Lipinski definition) is 6. The quantitative estimate of drug-likeness (QED) is 0.514. The topological polar surface area (TPSA) is 82.1 Å². The molecule has 28 heavy (non-hydrogen) atoms. The number of carbonyl (C=O) groups is 3. The van der Waals surface area contributed by atoms with Crippen LogP contribution in [0.25, 0.3) is 0 Å². The van der Waals surface area contributed by atoms with Crippen LogP contribution in [0.5, 0.6) is 11.5 Å². The first-order valence-corrected chi connectivity index (χ1v) is 9.08. The van der Waals surface area contributed by atoms with Crippen LogP contribution in [0.4, 0.5) is 0 Å². The van der Waals surface area contributed by atoms with E-state index in [0.29, 0.717) is 35.8 Å². The van der Waals surface area contributed by atoms with E-state index < -0.39 is 24.5 Å². The average molecular weight is 383 g/mol. The second-order valence-electron chi connectivity index (χ2n) is 6.09. The number of nitrogens with zero attached hydrogens (tertiary/aromatic N) is 1. The van der Waals surface area contributed by atoms with Gasteiger partial charge in [0.2, 0.25) is 0 Å². The van der Waals surface area contributed by atoms with Crippen LogP contribution < -0.4 is 9.47 Å². The summed E-state index contributed by atoms with van der Waals surface area (Å²) in [5, 5.41) is 0. The van der Waals surface area contributed by atoms with Gasteiger partial charge in [-0.05, 0) is 43.7 Å². The van der Waals surface area contributed by atoms with E-state index in [-0.39, 0.29) is 5.56 Å². The number of esters is 1. The zero-order chi connectivity index (χ0) is 20.1. The van der Waals surface area contributed by atoms with Crippen LogP contribution in [0.2, 0.25) is 0 Å². The molecular weight excluding hydrogens is 362 g/mol. The summed E-state index contributed by atoms with van der Waals surface area (Å²) in [5.74, 6) is -0.648. The molecule has 0 saturated carbocycles. The number of ether oxygens (including phenoxy) is 3. The van der Waals surface area contributed by atoms with Crippen molar-refractivity contribution in [2.45, 2.75) is 20.3 Å². The lowest BCUT2D eigenvalue weighted by Crippen LogP contribution is -2.33. The van der Waals surface area contributed by atoms with Gasteiger partial charge in [-0.2, -0.15) is 0 Å². The van der Waals surface area contributed by atoms with Crippen molar-refractivity contribution >= 4 is 17.8 Å². The lowest BCUT2D eigenvalue weighted by Gasteiger charge is -2.15. The van der Waals surface area contributed by atoms with Gasteiger partial charge in [-0.25, -0.2) is 9.69 Å². The molecule has 0 N–H and O–H groups in total. The summed E-state index contributed by atoms with van der Waals surface area (Å²) in [6, 6.07) is 11.2. The molecule has 0 fully saturated rings. The maximum absolute atomic E-state index is 12.4. The third kappa shape index (κ3) is 3.83. The van der Waals surface area contributed by atoms with Crippen molar-refractivity contribution in [2.24, 2.45) is 0 Å². The molecule has 0 atom stereocenters. The van der Waals surface area contributed by atoms with Gasteiger partial charge in [0.15, 0.2) is 18.2 Å². The van der Waals surface area contributed by atoms with Crippen LogP contribution in [0.15, 0.2) is 42.5 Å². The summed E-state index contributed by atoms with van der Waals surface area (Å²) in [5.41, 5.74) is 0.850. The van der Waals surface area contributed by atoms with Gasteiger partial charge >= 0.3 is 5.97 Å². The fraction of sp³-hybridized carbons (Fsp3) is 0.286. The summed E-state index contributed by atoms with van der Waals surface area (Å²) in [6.07, 6.45) is 0.843. The van der Waals surface area contributed by atoms with Gasteiger partial charge in [-0.15, -0.1) is 0 Å². The zero-order valence-electron chi connectivity index (χ0n) is 15.8. The van der Waals surface area contributed by atoms with Crippen LogP contribution >= 0.6 is 0 Å².